The minimum Gasteiger partial charge on any atom is -0.497 e. The number of methoxy groups -OCH3 is 1. The van der Waals surface area contributed by atoms with Gasteiger partial charge in [0.25, 0.3) is 5.91 Å². The Kier molecular flexibility index (Phi) is 4.58. The van der Waals surface area contributed by atoms with Gasteiger partial charge in [-0.1, -0.05) is 10.6 Å². The van der Waals surface area contributed by atoms with Gasteiger partial charge in [0.15, 0.2) is 0 Å². The first-order valence-corrected chi connectivity index (χ1v) is 7.69. The third kappa shape index (κ3) is 3.51. The number of ether oxygens (including phenoxy) is 1. The summed E-state index contributed by atoms with van der Waals surface area (Å²) in [5.41, 5.74) is 2.33. The molecule has 0 fully saturated rings. The highest BCUT2D eigenvalue weighted by molar-refractivity contribution is 7.08. The fraction of sp³-hybridized carbons (Fsp3) is 0.125. The SMILES string of the molecule is COc1ccc(-c2nnsc2C(=O)NCc2cccnc2)cc1. The first kappa shape index (κ1) is 15.1. The summed E-state index contributed by atoms with van der Waals surface area (Å²) in [7, 11) is 1.61. The van der Waals surface area contributed by atoms with Gasteiger partial charge in [-0.25, -0.2) is 0 Å². The van der Waals surface area contributed by atoms with Gasteiger partial charge < -0.3 is 10.1 Å². The number of aromatic nitrogens is 3. The van der Waals surface area contributed by atoms with Crippen molar-refractivity contribution in [3.63, 3.8) is 0 Å². The zero-order valence-electron chi connectivity index (χ0n) is 12.4. The van der Waals surface area contributed by atoms with Crippen LogP contribution in [0.4, 0.5) is 0 Å². The van der Waals surface area contributed by atoms with Crippen LogP contribution in [0.25, 0.3) is 11.3 Å². The molecule has 0 saturated carbocycles. The van der Waals surface area contributed by atoms with E-state index < -0.39 is 0 Å². The summed E-state index contributed by atoms with van der Waals surface area (Å²) in [4.78, 5) is 16.9. The van der Waals surface area contributed by atoms with Crippen LogP contribution in [-0.4, -0.2) is 27.6 Å². The minimum atomic E-state index is -0.199. The molecule has 0 atom stereocenters. The Bertz CT molecular complexity index is 787. The van der Waals surface area contributed by atoms with Crippen LogP contribution in [0.3, 0.4) is 0 Å². The molecular weight excluding hydrogens is 312 g/mol. The summed E-state index contributed by atoms with van der Waals surface area (Å²) < 4.78 is 9.04. The van der Waals surface area contributed by atoms with Crippen molar-refractivity contribution in [2.45, 2.75) is 6.54 Å². The van der Waals surface area contributed by atoms with Crippen LogP contribution >= 0.6 is 11.5 Å². The fourth-order valence-corrected chi connectivity index (χ4v) is 2.65. The molecule has 0 radical (unpaired) electrons. The minimum absolute atomic E-state index is 0.199. The number of hydrogen-bond acceptors (Lipinski definition) is 6. The van der Waals surface area contributed by atoms with E-state index in [1.807, 2.05) is 36.4 Å². The average Bonchev–Trinajstić information content (AvgIpc) is 3.10. The molecule has 1 amide bonds. The number of nitrogens with zero attached hydrogens (tertiary/aromatic N) is 3. The Balaban J connectivity index is 1.75. The third-order valence-corrected chi connectivity index (χ3v) is 3.96. The second kappa shape index (κ2) is 6.97. The second-order valence-electron chi connectivity index (χ2n) is 4.72. The van der Waals surface area contributed by atoms with Crippen molar-refractivity contribution >= 4 is 17.4 Å². The van der Waals surface area contributed by atoms with Crippen molar-refractivity contribution in [1.29, 1.82) is 0 Å². The average molecular weight is 326 g/mol. The lowest BCUT2D eigenvalue weighted by Gasteiger charge is -2.05. The van der Waals surface area contributed by atoms with Gasteiger partial charge in [-0.3, -0.25) is 9.78 Å². The molecular formula is C16H14N4O2S. The van der Waals surface area contributed by atoms with Crippen LogP contribution in [0.2, 0.25) is 0 Å². The number of amides is 1. The van der Waals surface area contributed by atoms with Crippen molar-refractivity contribution in [1.82, 2.24) is 19.9 Å². The zero-order chi connectivity index (χ0) is 16.1. The third-order valence-electron chi connectivity index (χ3n) is 3.23. The van der Waals surface area contributed by atoms with E-state index in [0.717, 1.165) is 28.4 Å². The molecule has 3 rings (SSSR count). The van der Waals surface area contributed by atoms with Crippen LogP contribution in [-0.2, 0) is 6.54 Å². The van der Waals surface area contributed by atoms with Gasteiger partial charge in [0, 0.05) is 24.5 Å². The summed E-state index contributed by atoms with van der Waals surface area (Å²) in [6.07, 6.45) is 3.41. The lowest BCUT2D eigenvalue weighted by molar-refractivity contribution is 0.0955. The van der Waals surface area contributed by atoms with Crippen LogP contribution in [0, 0.1) is 0 Å². The number of carbonyl (C=O) groups is 1. The van der Waals surface area contributed by atoms with E-state index in [2.05, 4.69) is 19.9 Å². The number of carbonyl (C=O) groups excluding carboxylic acids is 1. The number of benzene rings is 1. The van der Waals surface area contributed by atoms with E-state index in [9.17, 15) is 4.79 Å². The van der Waals surface area contributed by atoms with Crippen LogP contribution in [0.15, 0.2) is 48.8 Å². The molecule has 7 heteroatoms. The predicted molar refractivity (Wildman–Crippen MR) is 87.3 cm³/mol. The normalized spacial score (nSPS) is 10.3. The molecule has 2 heterocycles. The second-order valence-corrected chi connectivity index (χ2v) is 5.48. The highest BCUT2D eigenvalue weighted by atomic mass is 32.1. The quantitative estimate of drug-likeness (QED) is 0.779. The van der Waals surface area contributed by atoms with E-state index in [0.29, 0.717) is 17.1 Å². The summed E-state index contributed by atoms with van der Waals surface area (Å²) in [5.74, 6) is 0.550. The molecule has 6 nitrogen and oxygen atoms in total. The Morgan fingerprint density at radius 3 is 2.78 bits per heavy atom. The predicted octanol–water partition coefficient (Wildman–Crippen LogP) is 2.54. The number of rotatable bonds is 5. The maximum atomic E-state index is 12.4. The Hall–Kier alpha value is -2.80. The first-order chi connectivity index (χ1) is 11.3. The monoisotopic (exact) mass is 326 g/mol. The van der Waals surface area contributed by atoms with Gasteiger partial charge in [0.05, 0.1) is 7.11 Å². The number of hydrogen-bond donors (Lipinski definition) is 1. The molecule has 116 valence electrons. The molecule has 1 N–H and O–H groups in total. The Morgan fingerprint density at radius 2 is 2.09 bits per heavy atom. The highest BCUT2D eigenvalue weighted by Crippen LogP contribution is 2.25. The summed E-state index contributed by atoms with van der Waals surface area (Å²) in [6.45, 7) is 0.409. The van der Waals surface area contributed by atoms with E-state index in [-0.39, 0.29) is 5.91 Å². The maximum absolute atomic E-state index is 12.4. The fourth-order valence-electron chi connectivity index (χ4n) is 2.04. The summed E-state index contributed by atoms with van der Waals surface area (Å²) in [5, 5.41) is 6.93. The molecule has 0 aliphatic rings. The summed E-state index contributed by atoms with van der Waals surface area (Å²) in [6, 6.07) is 11.1. The van der Waals surface area contributed by atoms with Crippen LogP contribution in [0.5, 0.6) is 5.75 Å². The lowest BCUT2D eigenvalue weighted by Crippen LogP contribution is -2.22. The molecule has 0 bridgehead atoms. The molecule has 0 aliphatic heterocycles. The molecule has 1 aromatic carbocycles. The van der Waals surface area contributed by atoms with Gasteiger partial charge in [-0.15, -0.1) is 5.10 Å². The van der Waals surface area contributed by atoms with Crippen molar-refractivity contribution < 1.29 is 9.53 Å². The van der Waals surface area contributed by atoms with Gasteiger partial charge in [0.2, 0.25) is 0 Å². The van der Waals surface area contributed by atoms with Gasteiger partial charge in [-0.2, -0.15) is 0 Å². The van der Waals surface area contributed by atoms with E-state index in [1.165, 1.54) is 0 Å². The van der Waals surface area contributed by atoms with E-state index >= 15 is 0 Å². The van der Waals surface area contributed by atoms with Crippen molar-refractivity contribution in [3.8, 4) is 17.0 Å². The Morgan fingerprint density at radius 1 is 1.26 bits per heavy atom. The Labute approximate surface area is 137 Å². The van der Waals surface area contributed by atoms with E-state index in [1.54, 1.807) is 19.5 Å². The molecule has 0 unspecified atom stereocenters. The lowest BCUT2D eigenvalue weighted by atomic mass is 10.1. The van der Waals surface area contributed by atoms with Crippen molar-refractivity contribution in [2.24, 2.45) is 0 Å². The van der Waals surface area contributed by atoms with Crippen molar-refractivity contribution in [2.75, 3.05) is 7.11 Å². The summed E-state index contributed by atoms with van der Waals surface area (Å²) >= 11 is 1.08. The van der Waals surface area contributed by atoms with Gasteiger partial charge in [-0.05, 0) is 47.4 Å². The van der Waals surface area contributed by atoms with Crippen molar-refractivity contribution in [3.05, 3.63) is 59.2 Å². The molecule has 0 aliphatic carbocycles. The number of pyridine rings is 1. The molecule has 23 heavy (non-hydrogen) atoms. The van der Waals surface area contributed by atoms with E-state index in [4.69, 9.17) is 4.74 Å². The maximum Gasteiger partial charge on any atom is 0.265 e. The van der Waals surface area contributed by atoms with Crippen LogP contribution in [0.1, 0.15) is 15.2 Å². The van der Waals surface area contributed by atoms with Gasteiger partial charge in [0.1, 0.15) is 16.3 Å². The molecule has 0 saturated heterocycles. The number of nitrogens with one attached hydrogen (secondary N) is 1. The molecule has 0 spiro atoms. The molecule has 3 aromatic rings. The largest absolute Gasteiger partial charge is 0.497 e. The standard InChI is InChI=1S/C16H14N4O2S/c1-22-13-6-4-12(5-7-13)14-15(23-20-19-14)16(21)18-10-11-3-2-8-17-9-11/h2-9H,10H2,1H3,(H,18,21). The smallest absolute Gasteiger partial charge is 0.265 e. The molecule has 2 aromatic heterocycles. The first-order valence-electron chi connectivity index (χ1n) is 6.92. The topological polar surface area (TPSA) is 77.0 Å². The zero-order valence-corrected chi connectivity index (χ0v) is 13.2. The van der Waals surface area contributed by atoms with Gasteiger partial charge >= 0.3 is 0 Å². The van der Waals surface area contributed by atoms with Crippen LogP contribution < -0.4 is 10.1 Å². The highest BCUT2D eigenvalue weighted by Gasteiger charge is 2.17.